The fourth-order valence-corrected chi connectivity index (χ4v) is 2.33. The summed E-state index contributed by atoms with van der Waals surface area (Å²) in [4.78, 5) is 13.9. The predicted molar refractivity (Wildman–Crippen MR) is 77.4 cm³/mol. The van der Waals surface area contributed by atoms with Crippen LogP contribution in [-0.2, 0) is 16.1 Å². The van der Waals surface area contributed by atoms with Gasteiger partial charge in [0.15, 0.2) is 0 Å². The van der Waals surface area contributed by atoms with Crippen LogP contribution in [0.5, 0.6) is 0 Å². The van der Waals surface area contributed by atoms with Gasteiger partial charge in [-0.3, -0.25) is 0 Å². The molecule has 4 nitrogen and oxygen atoms in total. The molecule has 4 heteroatoms. The third kappa shape index (κ3) is 4.10. The molecule has 0 aromatic heterocycles. The number of carbonyl (C=O) groups excluding carboxylic acids is 1. The normalized spacial score (nSPS) is 18.6. The zero-order valence-corrected chi connectivity index (χ0v) is 11.8. The van der Waals surface area contributed by atoms with Crippen LogP contribution in [-0.4, -0.2) is 37.3 Å². The van der Waals surface area contributed by atoms with Crippen molar-refractivity contribution in [1.29, 1.82) is 0 Å². The predicted octanol–water partition coefficient (Wildman–Crippen LogP) is 2.99. The molecule has 108 valence electrons. The van der Waals surface area contributed by atoms with Crippen LogP contribution in [0.1, 0.15) is 18.4 Å². The Morgan fingerprint density at radius 2 is 2.20 bits per heavy atom. The molecule has 2 rings (SSSR count). The van der Waals surface area contributed by atoms with Gasteiger partial charge >= 0.3 is 6.09 Å². The Kier molecular flexibility index (Phi) is 5.62. The van der Waals surface area contributed by atoms with Crippen LogP contribution in [0.15, 0.2) is 42.5 Å². The van der Waals surface area contributed by atoms with E-state index in [9.17, 15) is 4.79 Å². The largest absolute Gasteiger partial charge is 0.445 e. The molecule has 1 aromatic carbocycles. The second-order valence-corrected chi connectivity index (χ2v) is 4.83. The van der Waals surface area contributed by atoms with E-state index in [1.54, 1.807) is 12.0 Å². The van der Waals surface area contributed by atoms with E-state index in [4.69, 9.17) is 9.47 Å². The summed E-state index contributed by atoms with van der Waals surface area (Å²) in [6, 6.07) is 9.86. The molecule has 0 aliphatic carbocycles. The molecular formula is C16H21NO3. The molecule has 0 spiro atoms. The summed E-state index contributed by atoms with van der Waals surface area (Å²) < 4.78 is 10.4. The number of rotatable bonds is 5. The number of carbonyl (C=O) groups is 1. The first-order chi connectivity index (χ1) is 9.81. The molecule has 0 radical (unpaired) electrons. The monoisotopic (exact) mass is 275 g/mol. The minimum Gasteiger partial charge on any atom is -0.445 e. The molecule has 1 aliphatic heterocycles. The molecular weight excluding hydrogens is 254 g/mol. The molecule has 1 aliphatic rings. The van der Waals surface area contributed by atoms with Crippen molar-refractivity contribution in [1.82, 2.24) is 4.90 Å². The Morgan fingerprint density at radius 3 is 2.95 bits per heavy atom. The minimum absolute atomic E-state index is 0.133. The van der Waals surface area contributed by atoms with Gasteiger partial charge in [0.05, 0.1) is 12.6 Å². The number of hydrogen-bond donors (Lipinski definition) is 0. The van der Waals surface area contributed by atoms with Crippen molar-refractivity contribution in [3.8, 4) is 0 Å². The molecule has 1 fully saturated rings. The highest BCUT2D eigenvalue weighted by atomic mass is 16.6. The van der Waals surface area contributed by atoms with Gasteiger partial charge in [-0.2, -0.15) is 0 Å². The molecule has 1 saturated heterocycles. The maximum Gasteiger partial charge on any atom is 0.410 e. The van der Waals surface area contributed by atoms with Gasteiger partial charge in [0, 0.05) is 13.7 Å². The Hall–Kier alpha value is -1.81. The van der Waals surface area contributed by atoms with Gasteiger partial charge in [0.2, 0.25) is 0 Å². The lowest BCUT2D eigenvalue weighted by atomic mass is 10.2. The van der Waals surface area contributed by atoms with Gasteiger partial charge in [-0.05, 0) is 18.4 Å². The van der Waals surface area contributed by atoms with Crippen LogP contribution in [0.4, 0.5) is 4.79 Å². The van der Waals surface area contributed by atoms with Gasteiger partial charge in [-0.15, -0.1) is 0 Å². The quantitative estimate of drug-likeness (QED) is 0.775. The summed E-state index contributed by atoms with van der Waals surface area (Å²) in [6.07, 6.45) is 5.75. The van der Waals surface area contributed by atoms with Crippen molar-refractivity contribution in [2.45, 2.75) is 25.5 Å². The standard InChI is InChI=1S/C16H21NO3/c1-19-12-6-10-15-9-5-11-17(15)16(18)20-13-14-7-3-2-4-8-14/h2-4,6-8,10,15H,5,9,11-13H2,1H3/b10-6-/t15-/m0/s1. The summed E-state index contributed by atoms with van der Waals surface area (Å²) in [5, 5.41) is 0. The van der Waals surface area contributed by atoms with Gasteiger partial charge < -0.3 is 14.4 Å². The van der Waals surface area contributed by atoms with Crippen molar-refractivity contribution < 1.29 is 14.3 Å². The lowest BCUT2D eigenvalue weighted by Gasteiger charge is -2.21. The number of ether oxygens (including phenoxy) is 2. The average molecular weight is 275 g/mol. The van der Waals surface area contributed by atoms with E-state index >= 15 is 0 Å². The fraction of sp³-hybridized carbons (Fsp3) is 0.438. The maximum atomic E-state index is 12.1. The van der Waals surface area contributed by atoms with E-state index in [1.165, 1.54) is 0 Å². The Morgan fingerprint density at radius 1 is 1.40 bits per heavy atom. The number of nitrogens with zero attached hydrogens (tertiary/aromatic N) is 1. The average Bonchev–Trinajstić information content (AvgIpc) is 2.95. The van der Waals surface area contributed by atoms with E-state index in [-0.39, 0.29) is 12.1 Å². The molecule has 1 atom stereocenters. The van der Waals surface area contributed by atoms with E-state index in [2.05, 4.69) is 0 Å². The molecule has 1 heterocycles. The molecule has 0 bridgehead atoms. The van der Waals surface area contributed by atoms with Crippen LogP contribution in [0.2, 0.25) is 0 Å². The Bertz CT molecular complexity index is 444. The van der Waals surface area contributed by atoms with Crippen molar-refractivity contribution in [3.05, 3.63) is 48.0 Å². The summed E-state index contributed by atoms with van der Waals surface area (Å²) in [5.41, 5.74) is 1.01. The third-order valence-corrected chi connectivity index (χ3v) is 3.36. The lowest BCUT2D eigenvalue weighted by molar-refractivity contribution is 0.0974. The SMILES string of the molecule is COC/C=C\[C@@H]1CCCN1C(=O)OCc1ccccc1. The Balaban J connectivity index is 1.84. The summed E-state index contributed by atoms with van der Waals surface area (Å²) in [7, 11) is 1.66. The third-order valence-electron chi connectivity index (χ3n) is 3.36. The second kappa shape index (κ2) is 7.70. The van der Waals surface area contributed by atoms with E-state index in [0.29, 0.717) is 13.2 Å². The molecule has 0 N–H and O–H groups in total. The lowest BCUT2D eigenvalue weighted by Crippen LogP contribution is -2.34. The highest BCUT2D eigenvalue weighted by Gasteiger charge is 2.27. The van der Waals surface area contributed by atoms with E-state index in [1.807, 2.05) is 42.5 Å². The van der Waals surface area contributed by atoms with Crippen molar-refractivity contribution in [2.75, 3.05) is 20.3 Å². The highest BCUT2D eigenvalue weighted by Crippen LogP contribution is 2.19. The van der Waals surface area contributed by atoms with Crippen LogP contribution in [0, 0.1) is 0 Å². The summed E-state index contributed by atoms with van der Waals surface area (Å²) >= 11 is 0. The first-order valence-corrected chi connectivity index (χ1v) is 6.94. The minimum atomic E-state index is -0.238. The van der Waals surface area contributed by atoms with Crippen molar-refractivity contribution in [3.63, 3.8) is 0 Å². The molecule has 1 aromatic rings. The Labute approximate surface area is 120 Å². The van der Waals surface area contributed by atoms with Gasteiger partial charge in [0.25, 0.3) is 0 Å². The number of hydrogen-bond acceptors (Lipinski definition) is 3. The first kappa shape index (κ1) is 14.6. The molecule has 20 heavy (non-hydrogen) atoms. The van der Waals surface area contributed by atoms with Crippen LogP contribution in [0.3, 0.4) is 0 Å². The molecule has 0 saturated carbocycles. The molecule has 0 unspecified atom stereocenters. The van der Waals surface area contributed by atoms with Crippen molar-refractivity contribution >= 4 is 6.09 Å². The summed E-state index contributed by atoms with van der Waals surface area (Å²) in [6.45, 7) is 1.66. The zero-order chi connectivity index (χ0) is 14.2. The van der Waals surface area contributed by atoms with Crippen LogP contribution < -0.4 is 0 Å². The number of likely N-dealkylation sites (tertiary alicyclic amines) is 1. The number of benzene rings is 1. The van der Waals surface area contributed by atoms with Crippen molar-refractivity contribution in [2.24, 2.45) is 0 Å². The van der Waals surface area contributed by atoms with E-state index < -0.39 is 0 Å². The topological polar surface area (TPSA) is 38.8 Å². The molecule has 1 amide bonds. The zero-order valence-electron chi connectivity index (χ0n) is 11.8. The van der Waals surface area contributed by atoms with Gasteiger partial charge in [-0.25, -0.2) is 4.79 Å². The second-order valence-electron chi connectivity index (χ2n) is 4.83. The van der Waals surface area contributed by atoms with Crippen LogP contribution in [0.25, 0.3) is 0 Å². The first-order valence-electron chi connectivity index (χ1n) is 6.94. The van der Waals surface area contributed by atoms with E-state index in [0.717, 1.165) is 24.9 Å². The fourth-order valence-electron chi connectivity index (χ4n) is 2.33. The van der Waals surface area contributed by atoms with Gasteiger partial charge in [0.1, 0.15) is 6.61 Å². The number of methoxy groups -OCH3 is 1. The smallest absolute Gasteiger partial charge is 0.410 e. The van der Waals surface area contributed by atoms with Crippen LogP contribution >= 0.6 is 0 Å². The highest BCUT2D eigenvalue weighted by molar-refractivity contribution is 5.68. The number of amides is 1. The summed E-state index contributed by atoms with van der Waals surface area (Å²) in [5.74, 6) is 0. The van der Waals surface area contributed by atoms with Gasteiger partial charge in [-0.1, -0.05) is 42.5 Å². The maximum absolute atomic E-state index is 12.1.